The zero-order valence-electron chi connectivity index (χ0n) is 13.8. The lowest BCUT2D eigenvalue weighted by molar-refractivity contribution is -0.579. The van der Waals surface area contributed by atoms with Crippen LogP contribution >= 0.6 is 0 Å². The van der Waals surface area contributed by atoms with Gasteiger partial charge >= 0.3 is 0 Å². The van der Waals surface area contributed by atoms with E-state index in [2.05, 4.69) is 42.7 Å². The summed E-state index contributed by atoms with van der Waals surface area (Å²) in [6, 6.07) is 9.50. The normalized spacial score (nSPS) is 24.0. The van der Waals surface area contributed by atoms with Gasteiger partial charge in [0.15, 0.2) is 11.8 Å². The molecule has 0 N–H and O–H groups in total. The number of benzene rings is 1. The molecule has 1 aromatic rings. The van der Waals surface area contributed by atoms with Crippen molar-refractivity contribution in [2.75, 3.05) is 6.54 Å². The summed E-state index contributed by atoms with van der Waals surface area (Å²) in [5.74, 6) is 1.28. The first-order valence-electron chi connectivity index (χ1n) is 8.83. The van der Waals surface area contributed by atoms with Crippen LogP contribution in [0, 0.1) is 0 Å². The van der Waals surface area contributed by atoms with Crippen LogP contribution in [0.5, 0.6) is 0 Å². The topological polar surface area (TPSA) is 12.2 Å². The van der Waals surface area contributed by atoms with Crippen LogP contribution < -0.4 is 0 Å². The lowest BCUT2D eigenvalue weighted by Gasteiger charge is -2.33. The minimum Gasteiger partial charge on any atom is -0.495 e. The first-order valence-corrected chi connectivity index (χ1v) is 8.83. The third-order valence-electron chi connectivity index (χ3n) is 5.29. The van der Waals surface area contributed by atoms with Crippen LogP contribution in [0.25, 0.3) is 0 Å². The number of hydrogen-bond acceptors (Lipinski definition) is 1. The monoisotopic (exact) mass is 296 g/mol. The second kappa shape index (κ2) is 5.57. The Hall–Kier alpha value is -1.57. The first-order chi connectivity index (χ1) is 10.7. The van der Waals surface area contributed by atoms with Crippen LogP contribution in [-0.2, 0) is 11.2 Å². The SMILES string of the molecule is CC(C)OC1=C2CCCCC2=[N+]2CCc3ccccc3C2C1. The molecule has 4 rings (SSSR count). The molecule has 2 heterocycles. The predicted octanol–water partition coefficient (Wildman–Crippen LogP) is 4.39. The number of fused-ring (bicyclic) bond motifs is 4. The van der Waals surface area contributed by atoms with Gasteiger partial charge in [-0.15, -0.1) is 0 Å². The van der Waals surface area contributed by atoms with Crippen LogP contribution in [0.2, 0.25) is 0 Å². The van der Waals surface area contributed by atoms with Gasteiger partial charge in [-0.2, -0.15) is 0 Å². The second-order valence-electron chi connectivity index (χ2n) is 7.08. The van der Waals surface area contributed by atoms with Crippen molar-refractivity contribution in [3.05, 3.63) is 46.7 Å². The third-order valence-corrected chi connectivity index (χ3v) is 5.29. The third kappa shape index (κ3) is 2.29. The fourth-order valence-electron chi connectivity index (χ4n) is 4.40. The minimum absolute atomic E-state index is 0.274. The fraction of sp³-hybridized carbons (Fsp3) is 0.550. The van der Waals surface area contributed by atoms with Gasteiger partial charge in [-0.1, -0.05) is 24.3 Å². The molecule has 1 atom stereocenters. The summed E-state index contributed by atoms with van der Waals surface area (Å²) in [4.78, 5) is 0. The molecule has 22 heavy (non-hydrogen) atoms. The molecular formula is C20H26NO+. The Morgan fingerprint density at radius 2 is 1.91 bits per heavy atom. The van der Waals surface area contributed by atoms with E-state index in [0.717, 1.165) is 6.42 Å². The van der Waals surface area contributed by atoms with Crippen LogP contribution in [0.1, 0.15) is 63.1 Å². The maximum Gasteiger partial charge on any atom is 0.185 e. The Bertz CT molecular complexity index is 653. The molecule has 0 aromatic heterocycles. The van der Waals surface area contributed by atoms with Crippen LogP contribution in [0.3, 0.4) is 0 Å². The van der Waals surface area contributed by atoms with Gasteiger partial charge < -0.3 is 4.74 Å². The highest BCUT2D eigenvalue weighted by Crippen LogP contribution is 2.40. The predicted molar refractivity (Wildman–Crippen MR) is 89.4 cm³/mol. The highest BCUT2D eigenvalue weighted by atomic mass is 16.5. The maximum absolute atomic E-state index is 6.26. The van der Waals surface area contributed by atoms with E-state index >= 15 is 0 Å². The quantitative estimate of drug-likeness (QED) is 0.737. The molecule has 0 spiro atoms. The van der Waals surface area contributed by atoms with Crippen molar-refractivity contribution < 1.29 is 9.31 Å². The molecule has 1 aromatic carbocycles. The van der Waals surface area contributed by atoms with Gasteiger partial charge in [0, 0.05) is 18.4 Å². The molecule has 116 valence electrons. The van der Waals surface area contributed by atoms with E-state index in [-0.39, 0.29) is 6.10 Å². The molecule has 2 heteroatoms. The van der Waals surface area contributed by atoms with Crippen molar-refractivity contribution in [3.63, 3.8) is 0 Å². The van der Waals surface area contributed by atoms with Crippen molar-refractivity contribution in [1.82, 2.24) is 0 Å². The van der Waals surface area contributed by atoms with Gasteiger partial charge in [0.05, 0.1) is 18.1 Å². The largest absolute Gasteiger partial charge is 0.495 e. The lowest BCUT2D eigenvalue weighted by atomic mass is 9.82. The molecule has 0 bridgehead atoms. The lowest BCUT2D eigenvalue weighted by Crippen LogP contribution is -2.38. The zero-order valence-corrected chi connectivity index (χ0v) is 13.8. The molecule has 0 radical (unpaired) electrons. The van der Waals surface area contributed by atoms with E-state index in [1.807, 2.05) is 0 Å². The van der Waals surface area contributed by atoms with Crippen LogP contribution in [-0.4, -0.2) is 22.9 Å². The van der Waals surface area contributed by atoms with Gasteiger partial charge in [0.25, 0.3) is 0 Å². The van der Waals surface area contributed by atoms with Gasteiger partial charge in [-0.25, -0.2) is 4.58 Å². The van der Waals surface area contributed by atoms with E-state index < -0.39 is 0 Å². The number of rotatable bonds is 2. The summed E-state index contributed by atoms with van der Waals surface area (Å²) in [7, 11) is 0. The molecule has 1 saturated carbocycles. The molecule has 2 aliphatic heterocycles. The van der Waals surface area contributed by atoms with Gasteiger partial charge in [0.2, 0.25) is 0 Å². The Kier molecular flexibility index (Phi) is 3.56. The van der Waals surface area contributed by atoms with E-state index in [1.165, 1.54) is 61.1 Å². The van der Waals surface area contributed by atoms with Crippen LogP contribution in [0.4, 0.5) is 0 Å². The number of allylic oxidation sites excluding steroid dienone is 1. The van der Waals surface area contributed by atoms with Crippen LogP contribution in [0.15, 0.2) is 35.6 Å². The highest BCUT2D eigenvalue weighted by molar-refractivity contribution is 5.98. The van der Waals surface area contributed by atoms with Crippen molar-refractivity contribution in [1.29, 1.82) is 0 Å². The summed E-state index contributed by atoms with van der Waals surface area (Å²) in [6.07, 6.45) is 7.60. The summed E-state index contributed by atoms with van der Waals surface area (Å²) < 4.78 is 8.96. The maximum atomic E-state index is 6.26. The second-order valence-corrected chi connectivity index (χ2v) is 7.08. The molecule has 1 fully saturated rings. The molecule has 2 nitrogen and oxygen atoms in total. The van der Waals surface area contributed by atoms with Crippen molar-refractivity contribution in [3.8, 4) is 0 Å². The molecule has 1 aliphatic carbocycles. The number of nitrogens with zero attached hydrogens (tertiary/aromatic N) is 1. The summed E-state index contributed by atoms with van der Waals surface area (Å²) >= 11 is 0. The summed E-state index contributed by atoms with van der Waals surface area (Å²) in [5.41, 5.74) is 6.19. The minimum atomic E-state index is 0.274. The van der Waals surface area contributed by atoms with E-state index in [1.54, 1.807) is 5.71 Å². The van der Waals surface area contributed by atoms with Gasteiger partial charge in [-0.3, -0.25) is 0 Å². The summed E-state index contributed by atoms with van der Waals surface area (Å²) in [6.45, 7) is 5.48. The molecule has 0 amide bonds. The van der Waals surface area contributed by atoms with E-state index in [9.17, 15) is 0 Å². The molecule has 1 unspecified atom stereocenters. The molecule has 0 saturated heterocycles. The number of ether oxygens (including phenoxy) is 1. The molecular weight excluding hydrogens is 270 g/mol. The smallest absolute Gasteiger partial charge is 0.185 e. The standard InChI is InChI=1S/C20H26NO/c1-14(2)22-20-13-19-16-8-4-3-7-15(16)11-12-21(19)18-10-6-5-9-17(18)20/h3-4,7-8,14,19H,5-6,9-13H2,1-2H3/q+1. The van der Waals surface area contributed by atoms with E-state index in [0.29, 0.717) is 6.04 Å². The Morgan fingerprint density at radius 3 is 2.77 bits per heavy atom. The summed E-state index contributed by atoms with van der Waals surface area (Å²) in [5, 5.41) is 0. The van der Waals surface area contributed by atoms with Crippen molar-refractivity contribution in [2.45, 2.75) is 64.5 Å². The van der Waals surface area contributed by atoms with Gasteiger partial charge in [0.1, 0.15) is 12.3 Å². The van der Waals surface area contributed by atoms with Crippen molar-refractivity contribution >= 4 is 5.71 Å². The van der Waals surface area contributed by atoms with Gasteiger partial charge in [-0.05, 0) is 38.7 Å². The van der Waals surface area contributed by atoms with E-state index in [4.69, 9.17) is 4.74 Å². The average Bonchev–Trinajstić information content (AvgIpc) is 2.54. The first kappa shape index (κ1) is 14.0. The number of hydrogen-bond donors (Lipinski definition) is 0. The average molecular weight is 296 g/mol. The van der Waals surface area contributed by atoms with Crippen molar-refractivity contribution in [2.24, 2.45) is 0 Å². The fourth-order valence-corrected chi connectivity index (χ4v) is 4.40. The Morgan fingerprint density at radius 1 is 1.09 bits per heavy atom. The highest BCUT2D eigenvalue weighted by Gasteiger charge is 2.41. The zero-order chi connectivity index (χ0) is 15.1. The molecule has 3 aliphatic rings. The Labute approximate surface area is 133 Å². The Balaban J connectivity index is 1.80.